The summed E-state index contributed by atoms with van der Waals surface area (Å²) in [6.45, 7) is 4.25. The van der Waals surface area contributed by atoms with Crippen LogP contribution >= 0.6 is 0 Å². The number of aromatic nitrogens is 2. The molecule has 0 aliphatic carbocycles. The van der Waals surface area contributed by atoms with Gasteiger partial charge in [-0.2, -0.15) is 0 Å². The van der Waals surface area contributed by atoms with Gasteiger partial charge in [-0.15, -0.1) is 0 Å². The lowest BCUT2D eigenvalue weighted by molar-refractivity contribution is 0.444. The van der Waals surface area contributed by atoms with Crippen molar-refractivity contribution in [3.8, 4) is 0 Å². The Kier molecular flexibility index (Phi) is 3.48. The molecule has 0 bridgehead atoms. The van der Waals surface area contributed by atoms with Crippen LogP contribution in [0, 0.1) is 5.92 Å². The van der Waals surface area contributed by atoms with Crippen molar-refractivity contribution in [2.45, 2.75) is 32.7 Å². The van der Waals surface area contributed by atoms with Crippen LogP contribution in [-0.2, 0) is 13.5 Å². The normalized spacial score (nSPS) is 15.7. The van der Waals surface area contributed by atoms with E-state index in [1.807, 2.05) is 19.4 Å². The Morgan fingerprint density at radius 1 is 1.54 bits per heavy atom. The number of imidazole rings is 1. The van der Waals surface area contributed by atoms with Crippen molar-refractivity contribution >= 4 is 0 Å². The molecule has 2 unspecified atom stereocenters. The topological polar surface area (TPSA) is 43.8 Å². The fourth-order valence-corrected chi connectivity index (χ4v) is 1.26. The first-order valence-electron chi connectivity index (χ1n) is 4.83. The first kappa shape index (κ1) is 10.3. The molecule has 0 radical (unpaired) electrons. The Morgan fingerprint density at radius 2 is 2.23 bits per heavy atom. The standard InChI is InChI=1S/C10H19N3/c1-8(9(2)11)4-5-10-12-6-7-13(10)3/h6-9H,4-5,11H2,1-3H3. The van der Waals surface area contributed by atoms with E-state index in [2.05, 4.69) is 23.4 Å². The van der Waals surface area contributed by atoms with E-state index in [0.717, 1.165) is 18.7 Å². The van der Waals surface area contributed by atoms with Crippen LogP contribution in [0.2, 0.25) is 0 Å². The van der Waals surface area contributed by atoms with Crippen LogP contribution in [-0.4, -0.2) is 15.6 Å². The Labute approximate surface area is 80.0 Å². The number of nitrogens with zero attached hydrogens (tertiary/aromatic N) is 2. The van der Waals surface area contributed by atoms with Gasteiger partial charge in [-0.25, -0.2) is 4.98 Å². The molecule has 0 fully saturated rings. The molecule has 1 heterocycles. The highest BCUT2D eigenvalue weighted by Gasteiger charge is 2.08. The van der Waals surface area contributed by atoms with Gasteiger partial charge in [-0.1, -0.05) is 6.92 Å². The minimum Gasteiger partial charge on any atom is -0.338 e. The number of aryl methyl sites for hydroxylation is 2. The molecule has 0 saturated heterocycles. The average molecular weight is 181 g/mol. The molecule has 0 aliphatic heterocycles. The molecule has 0 aliphatic rings. The van der Waals surface area contributed by atoms with E-state index in [0.29, 0.717) is 5.92 Å². The van der Waals surface area contributed by atoms with Crippen LogP contribution in [0.25, 0.3) is 0 Å². The van der Waals surface area contributed by atoms with Crippen molar-refractivity contribution in [3.05, 3.63) is 18.2 Å². The molecule has 1 aromatic heterocycles. The predicted molar refractivity (Wildman–Crippen MR) is 54.3 cm³/mol. The average Bonchev–Trinajstić information content (AvgIpc) is 2.47. The Balaban J connectivity index is 2.39. The maximum Gasteiger partial charge on any atom is 0.108 e. The highest BCUT2D eigenvalue weighted by molar-refractivity contribution is 4.91. The fraction of sp³-hybridized carbons (Fsp3) is 0.700. The highest BCUT2D eigenvalue weighted by atomic mass is 15.0. The monoisotopic (exact) mass is 181 g/mol. The summed E-state index contributed by atoms with van der Waals surface area (Å²) in [5.41, 5.74) is 5.79. The molecule has 0 amide bonds. The predicted octanol–water partition coefficient (Wildman–Crippen LogP) is 1.34. The number of rotatable bonds is 4. The van der Waals surface area contributed by atoms with Gasteiger partial charge in [0.15, 0.2) is 0 Å². The summed E-state index contributed by atoms with van der Waals surface area (Å²) < 4.78 is 2.06. The van der Waals surface area contributed by atoms with Gasteiger partial charge in [-0.3, -0.25) is 0 Å². The zero-order valence-corrected chi connectivity index (χ0v) is 8.70. The third-order valence-electron chi connectivity index (χ3n) is 2.64. The molecule has 3 heteroatoms. The summed E-state index contributed by atoms with van der Waals surface area (Å²) >= 11 is 0. The van der Waals surface area contributed by atoms with Gasteiger partial charge >= 0.3 is 0 Å². The number of hydrogen-bond donors (Lipinski definition) is 1. The second-order valence-corrected chi connectivity index (χ2v) is 3.83. The van der Waals surface area contributed by atoms with E-state index in [9.17, 15) is 0 Å². The lowest BCUT2D eigenvalue weighted by atomic mass is 9.98. The van der Waals surface area contributed by atoms with E-state index < -0.39 is 0 Å². The summed E-state index contributed by atoms with van der Waals surface area (Å²) in [4.78, 5) is 4.27. The van der Waals surface area contributed by atoms with Gasteiger partial charge < -0.3 is 10.3 Å². The molecule has 1 aromatic rings. The van der Waals surface area contributed by atoms with Crippen LogP contribution in [0.1, 0.15) is 26.1 Å². The van der Waals surface area contributed by atoms with Crippen molar-refractivity contribution in [1.29, 1.82) is 0 Å². The molecule has 3 nitrogen and oxygen atoms in total. The fourth-order valence-electron chi connectivity index (χ4n) is 1.26. The van der Waals surface area contributed by atoms with Gasteiger partial charge in [0.1, 0.15) is 5.82 Å². The maximum atomic E-state index is 5.79. The molecule has 2 atom stereocenters. The van der Waals surface area contributed by atoms with E-state index in [1.54, 1.807) is 0 Å². The molecular weight excluding hydrogens is 162 g/mol. The van der Waals surface area contributed by atoms with Gasteiger partial charge in [0.25, 0.3) is 0 Å². The smallest absolute Gasteiger partial charge is 0.108 e. The lowest BCUT2D eigenvalue weighted by Gasteiger charge is -2.14. The van der Waals surface area contributed by atoms with Crippen molar-refractivity contribution < 1.29 is 0 Å². The Bertz CT molecular complexity index is 252. The molecule has 0 aromatic carbocycles. The molecule has 0 saturated carbocycles. The molecule has 1 rings (SSSR count). The summed E-state index contributed by atoms with van der Waals surface area (Å²) in [5, 5.41) is 0. The van der Waals surface area contributed by atoms with E-state index in [-0.39, 0.29) is 6.04 Å². The molecule has 0 spiro atoms. The second-order valence-electron chi connectivity index (χ2n) is 3.83. The quantitative estimate of drug-likeness (QED) is 0.761. The van der Waals surface area contributed by atoms with Gasteiger partial charge in [0.2, 0.25) is 0 Å². The molecule has 13 heavy (non-hydrogen) atoms. The summed E-state index contributed by atoms with van der Waals surface area (Å²) in [5.74, 6) is 1.71. The maximum absolute atomic E-state index is 5.79. The van der Waals surface area contributed by atoms with Crippen molar-refractivity contribution in [2.24, 2.45) is 18.7 Å². The summed E-state index contributed by atoms with van der Waals surface area (Å²) in [6, 6.07) is 0.278. The lowest BCUT2D eigenvalue weighted by Crippen LogP contribution is -2.24. The zero-order chi connectivity index (χ0) is 9.84. The van der Waals surface area contributed by atoms with Crippen LogP contribution in [0.5, 0.6) is 0 Å². The van der Waals surface area contributed by atoms with E-state index >= 15 is 0 Å². The minimum absolute atomic E-state index is 0.278. The van der Waals surface area contributed by atoms with Gasteiger partial charge in [0.05, 0.1) is 0 Å². The van der Waals surface area contributed by atoms with Crippen molar-refractivity contribution in [2.75, 3.05) is 0 Å². The minimum atomic E-state index is 0.278. The second kappa shape index (κ2) is 4.42. The largest absolute Gasteiger partial charge is 0.338 e. The Hall–Kier alpha value is -0.830. The van der Waals surface area contributed by atoms with Crippen molar-refractivity contribution in [1.82, 2.24) is 9.55 Å². The highest BCUT2D eigenvalue weighted by Crippen LogP contribution is 2.09. The first-order chi connectivity index (χ1) is 6.11. The molecule has 74 valence electrons. The van der Waals surface area contributed by atoms with Crippen molar-refractivity contribution in [3.63, 3.8) is 0 Å². The van der Waals surface area contributed by atoms with Crippen LogP contribution in [0.3, 0.4) is 0 Å². The van der Waals surface area contributed by atoms with Crippen LogP contribution < -0.4 is 5.73 Å². The van der Waals surface area contributed by atoms with Gasteiger partial charge in [0, 0.05) is 31.9 Å². The number of hydrogen-bond acceptors (Lipinski definition) is 2. The summed E-state index contributed by atoms with van der Waals surface area (Å²) in [7, 11) is 2.03. The number of nitrogens with two attached hydrogens (primary N) is 1. The first-order valence-corrected chi connectivity index (χ1v) is 4.83. The molecular formula is C10H19N3. The van der Waals surface area contributed by atoms with E-state index in [1.165, 1.54) is 0 Å². The zero-order valence-electron chi connectivity index (χ0n) is 8.70. The third kappa shape index (κ3) is 2.84. The summed E-state index contributed by atoms with van der Waals surface area (Å²) in [6.07, 6.45) is 5.95. The Morgan fingerprint density at radius 3 is 2.69 bits per heavy atom. The van der Waals surface area contributed by atoms with Crippen LogP contribution in [0.15, 0.2) is 12.4 Å². The third-order valence-corrected chi connectivity index (χ3v) is 2.64. The van der Waals surface area contributed by atoms with Crippen LogP contribution in [0.4, 0.5) is 0 Å². The SMILES string of the molecule is CC(N)C(C)CCc1nccn1C. The van der Waals surface area contributed by atoms with Gasteiger partial charge in [-0.05, 0) is 19.3 Å². The van der Waals surface area contributed by atoms with E-state index in [4.69, 9.17) is 5.73 Å². The molecule has 2 N–H and O–H groups in total.